The van der Waals surface area contributed by atoms with Crippen molar-refractivity contribution in [3.05, 3.63) is 30.3 Å². The standard InChI is InChI=1S/C15H21NO3S/c1-2-19-15(18)9-6-11-16-14(17)10-12-20-13-7-4-3-5-8-13/h3-5,7-8H,2,6,9-12H2,1H3,(H,16,17). The first-order valence-electron chi connectivity index (χ1n) is 6.82. The van der Waals surface area contributed by atoms with Crippen LogP contribution in [-0.2, 0) is 14.3 Å². The van der Waals surface area contributed by atoms with Crippen molar-refractivity contribution in [3.8, 4) is 0 Å². The van der Waals surface area contributed by atoms with Crippen LogP contribution >= 0.6 is 11.8 Å². The van der Waals surface area contributed by atoms with Gasteiger partial charge in [0.15, 0.2) is 0 Å². The van der Waals surface area contributed by atoms with Crippen LogP contribution in [0.5, 0.6) is 0 Å². The summed E-state index contributed by atoms with van der Waals surface area (Å²) in [6, 6.07) is 10.00. The molecule has 0 aliphatic heterocycles. The number of hydrogen-bond donors (Lipinski definition) is 1. The normalized spacial score (nSPS) is 10.1. The Bertz CT molecular complexity index is 409. The zero-order chi connectivity index (χ0) is 14.6. The minimum atomic E-state index is -0.207. The number of rotatable bonds is 9. The zero-order valence-electron chi connectivity index (χ0n) is 11.8. The molecule has 110 valence electrons. The molecule has 0 heterocycles. The summed E-state index contributed by atoms with van der Waals surface area (Å²) in [7, 11) is 0. The molecule has 1 aromatic carbocycles. The highest BCUT2D eigenvalue weighted by Crippen LogP contribution is 2.17. The highest BCUT2D eigenvalue weighted by molar-refractivity contribution is 7.99. The van der Waals surface area contributed by atoms with Crippen LogP contribution in [0.15, 0.2) is 35.2 Å². The number of ether oxygens (including phenoxy) is 1. The molecule has 1 aromatic rings. The highest BCUT2D eigenvalue weighted by Gasteiger charge is 2.04. The fourth-order valence-corrected chi connectivity index (χ4v) is 2.43. The molecule has 20 heavy (non-hydrogen) atoms. The van der Waals surface area contributed by atoms with Crippen LogP contribution in [0, 0.1) is 0 Å². The van der Waals surface area contributed by atoms with Gasteiger partial charge in [-0.05, 0) is 25.5 Å². The number of thioether (sulfide) groups is 1. The molecule has 0 saturated carbocycles. The first-order chi connectivity index (χ1) is 9.72. The third-order valence-electron chi connectivity index (χ3n) is 2.53. The molecule has 0 bridgehead atoms. The van der Waals surface area contributed by atoms with Gasteiger partial charge in [0.25, 0.3) is 0 Å². The van der Waals surface area contributed by atoms with Gasteiger partial charge >= 0.3 is 5.97 Å². The van der Waals surface area contributed by atoms with Crippen LogP contribution in [0.2, 0.25) is 0 Å². The minimum absolute atomic E-state index is 0.0253. The average molecular weight is 295 g/mol. The Kier molecular flexibility index (Phi) is 8.54. The zero-order valence-corrected chi connectivity index (χ0v) is 12.6. The lowest BCUT2D eigenvalue weighted by Crippen LogP contribution is -2.25. The molecule has 0 aliphatic carbocycles. The van der Waals surface area contributed by atoms with Gasteiger partial charge in [0, 0.05) is 30.0 Å². The van der Waals surface area contributed by atoms with Crippen molar-refractivity contribution in [1.29, 1.82) is 0 Å². The van der Waals surface area contributed by atoms with Gasteiger partial charge in [0.05, 0.1) is 6.61 Å². The number of carbonyl (C=O) groups is 2. The van der Waals surface area contributed by atoms with Crippen LogP contribution in [0.4, 0.5) is 0 Å². The summed E-state index contributed by atoms with van der Waals surface area (Å²) in [6.07, 6.45) is 1.46. The monoisotopic (exact) mass is 295 g/mol. The van der Waals surface area contributed by atoms with Crippen LogP contribution < -0.4 is 5.32 Å². The van der Waals surface area contributed by atoms with Crippen molar-refractivity contribution in [2.24, 2.45) is 0 Å². The second-order valence-corrected chi connectivity index (χ2v) is 5.34. The minimum Gasteiger partial charge on any atom is -0.466 e. The number of nitrogens with one attached hydrogen (secondary N) is 1. The van der Waals surface area contributed by atoms with Crippen molar-refractivity contribution in [2.45, 2.75) is 31.1 Å². The molecule has 0 aromatic heterocycles. The second kappa shape index (κ2) is 10.3. The lowest BCUT2D eigenvalue weighted by molar-refractivity contribution is -0.143. The fourth-order valence-electron chi connectivity index (χ4n) is 1.56. The smallest absolute Gasteiger partial charge is 0.305 e. The van der Waals surface area contributed by atoms with Gasteiger partial charge in [-0.25, -0.2) is 0 Å². The molecule has 0 atom stereocenters. The Morgan fingerprint density at radius 1 is 1.20 bits per heavy atom. The van der Waals surface area contributed by atoms with E-state index in [1.807, 2.05) is 30.3 Å². The SMILES string of the molecule is CCOC(=O)CCCNC(=O)CCSc1ccccc1. The van der Waals surface area contributed by atoms with Crippen molar-refractivity contribution in [1.82, 2.24) is 5.32 Å². The summed E-state index contributed by atoms with van der Waals surface area (Å²) < 4.78 is 4.81. The lowest BCUT2D eigenvalue weighted by Gasteiger charge is -2.05. The van der Waals surface area contributed by atoms with Crippen LogP contribution in [-0.4, -0.2) is 30.8 Å². The molecule has 0 fully saturated rings. The molecule has 0 spiro atoms. The summed E-state index contributed by atoms with van der Waals surface area (Å²) in [4.78, 5) is 23.8. The van der Waals surface area contributed by atoms with E-state index >= 15 is 0 Å². The van der Waals surface area contributed by atoms with Gasteiger partial charge in [-0.3, -0.25) is 9.59 Å². The maximum Gasteiger partial charge on any atom is 0.305 e. The van der Waals surface area contributed by atoms with Gasteiger partial charge in [-0.1, -0.05) is 18.2 Å². The van der Waals surface area contributed by atoms with E-state index in [9.17, 15) is 9.59 Å². The largest absolute Gasteiger partial charge is 0.466 e. The Morgan fingerprint density at radius 2 is 1.95 bits per heavy atom. The van der Waals surface area contributed by atoms with Gasteiger partial charge < -0.3 is 10.1 Å². The predicted molar refractivity (Wildman–Crippen MR) is 80.7 cm³/mol. The Balaban J connectivity index is 2.02. The van der Waals surface area contributed by atoms with Crippen molar-refractivity contribution in [3.63, 3.8) is 0 Å². The van der Waals surface area contributed by atoms with E-state index < -0.39 is 0 Å². The van der Waals surface area contributed by atoms with Crippen molar-refractivity contribution >= 4 is 23.6 Å². The number of hydrogen-bond acceptors (Lipinski definition) is 4. The Labute approximate surface area is 124 Å². The third kappa shape index (κ3) is 7.84. The molecule has 0 aliphatic rings. The first kappa shape index (κ1) is 16.6. The van der Waals surface area contributed by atoms with Crippen LogP contribution in [0.3, 0.4) is 0 Å². The van der Waals surface area contributed by atoms with Crippen LogP contribution in [0.25, 0.3) is 0 Å². The van der Waals surface area contributed by atoms with Gasteiger partial charge in [-0.15, -0.1) is 11.8 Å². The molecule has 0 unspecified atom stereocenters. The molecular weight excluding hydrogens is 274 g/mol. The lowest BCUT2D eigenvalue weighted by atomic mass is 10.3. The van der Waals surface area contributed by atoms with Gasteiger partial charge in [0.2, 0.25) is 5.91 Å². The van der Waals surface area contributed by atoms with E-state index in [2.05, 4.69) is 5.32 Å². The number of esters is 1. The molecular formula is C15H21NO3S. The molecule has 4 nitrogen and oxygen atoms in total. The fraction of sp³-hybridized carbons (Fsp3) is 0.467. The number of carbonyl (C=O) groups excluding carboxylic acids is 2. The quantitative estimate of drug-likeness (QED) is 0.432. The first-order valence-corrected chi connectivity index (χ1v) is 7.81. The number of benzene rings is 1. The van der Waals surface area contributed by atoms with E-state index in [-0.39, 0.29) is 11.9 Å². The predicted octanol–water partition coefficient (Wildman–Crippen LogP) is 2.63. The van der Waals surface area contributed by atoms with Crippen molar-refractivity contribution < 1.29 is 14.3 Å². The number of amides is 1. The van der Waals surface area contributed by atoms with Crippen LogP contribution in [0.1, 0.15) is 26.2 Å². The average Bonchev–Trinajstić information content (AvgIpc) is 2.45. The Hall–Kier alpha value is -1.49. The van der Waals surface area contributed by atoms with E-state index in [1.54, 1.807) is 18.7 Å². The highest BCUT2D eigenvalue weighted by atomic mass is 32.2. The summed E-state index contributed by atoms with van der Waals surface area (Å²) in [5.41, 5.74) is 0. The molecule has 1 amide bonds. The van der Waals surface area contributed by atoms with E-state index in [0.717, 1.165) is 5.75 Å². The maximum atomic E-state index is 11.6. The second-order valence-electron chi connectivity index (χ2n) is 4.17. The Morgan fingerprint density at radius 3 is 2.65 bits per heavy atom. The van der Waals surface area contributed by atoms with E-state index in [4.69, 9.17) is 4.74 Å². The molecule has 5 heteroatoms. The van der Waals surface area contributed by atoms with Gasteiger partial charge in [0.1, 0.15) is 0 Å². The maximum absolute atomic E-state index is 11.6. The summed E-state index contributed by atoms with van der Waals surface area (Å²) in [5, 5.41) is 2.81. The topological polar surface area (TPSA) is 55.4 Å². The van der Waals surface area contributed by atoms with Crippen molar-refractivity contribution in [2.75, 3.05) is 18.9 Å². The van der Waals surface area contributed by atoms with Gasteiger partial charge in [-0.2, -0.15) is 0 Å². The summed E-state index contributed by atoms with van der Waals surface area (Å²) >= 11 is 1.66. The summed E-state index contributed by atoms with van der Waals surface area (Å²) in [6.45, 7) is 2.71. The molecule has 0 saturated heterocycles. The van der Waals surface area contributed by atoms with E-state index in [1.165, 1.54) is 4.90 Å². The van der Waals surface area contributed by atoms with E-state index in [0.29, 0.717) is 32.4 Å². The third-order valence-corrected chi connectivity index (χ3v) is 3.54. The molecule has 1 N–H and O–H groups in total. The summed E-state index contributed by atoms with van der Waals surface area (Å²) in [5.74, 6) is 0.576. The molecule has 0 radical (unpaired) electrons. The molecule has 1 rings (SSSR count).